The van der Waals surface area contributed by atoms with Crippen LogP contribution < -0.4 is 0 Å². The van der Waals surface area contributed by atoms with Gasteiger partial charge in [-0.3, -0.25) is 0 Å². The first kappa shape index (κ1) is 10.1. The summed E-state index contributed by atoms with van der Waals surface area (Å²) in [5.41, 5.74) is 1.41. The first-order valence-corrected chi connectivity index (χ1v) is 5.16. The van der Waals surface area contributed by atoms with E-state index >= 15 is 0 Å². The van der Waals surface area contributed by atoms with Crippen molar-refractivity contribution in [3.05, 3.63) is 10.6 Å². The summed E-state index contributed by atoms with van der Waals surface area (Å²) in [5.74, 6) is 0. The Bertz CT molecular complexity index is 157. The molecule has 0 heterocycles. The van der Waals surface area contributed by atoms with E-state index in [-0.39, 0.29) is 0 Å². The monoisotopic (exact) mass is 188 g/mol. The van der Waals surface area contributed by atoms with E-state index in [0.717, 1.165) is 18.1 Å². The lowest BCUT2D eigenvalue weighted by Gasteiger charge is -2.18. The fourth-order valence-electron chi connectivity index (χ4n) is 1.14. The molecule has 1 nitrogen and oxygen atoms in total. The van der Waals surface area contributed by atoms with Crippen LogP contribution in [0, 0.1) is 0 Å². The van der Waals surface area contributed by atoms with Crippen molar-refractivity contribution >= 4 is 11.6 Å². The number of ether oxygens (including phenoxy) is 1. The van der Waals surface area contributed by atoms with Crippen LogP contribution in [0.3, 0.4) is 0 Å². The van der Waals surface area contributed by atoms with Gasteiger partial charge in [-0.25, -0.2) is 0 Å². The molecule has 0 spiro atoms. The van der Waals surface area contributed by atoms with Crippen molar-refractivity contribution in [3.63, 3.8) is 0 Å². The fourth-order valence-corrected chi connectivity index (χ4v) is 1.40. The van der Waals surface area contributed by atoms with E-state index in [4.69, 9.17) is 16.3 Å². The van der Waals surface area contributed by atoms with Crippen LogP contribution in [-0.2, 0) is 4.74 Å². The van der Waals surface area contributed by atoms with E-state index in [2.05, 4.69) is 6.92 Å². The van der Waals surface area contributed by atoms with Crippen LogP contribution in [0.4, 0.5) is 0 Å². The third-order valence-corrected chi connectivity index (χ3v) is 2.59. The summed E-state index contributed by atoms with van der Waals surface area (Å²) in [6.45, 7) is 3.65. The molecule has 1 aliphatic carbocycles. The summed E-state index contributed by atoms with van der Waals surface area (Å²) in [4.78, 5) is 0. The standard InChI is InChI=1S/C10H17ClO/c1-2-3-7-12-8-10(11)9-5-4-6-9/h2-8H2,1H3. The molecule has 0 atom stereocenters. The molecule has 1 saturated carbocycles. The van der Waals surface area contributed by atoms with Gasteiger partial charge in [-0.15, -0.1) is 0 Å². The van der Waals surface area contributed by atoms with E-state index < -0.39 is 0 Å². The second-order valence-electron chi connectivity index (χ2n) is 3.27. The van der Waals surface area contributed by atoms with Gasteiger partial charge in [0.05, 0.1) is 6.61 Å². The fraction of sp³-hybridized carbons (Fsp3) is 0.800. The summed E-state index contributed by atoms with van der Waals surface area (Å²) in [6, 6.07) is 0. The second kappa shape index (κ2) is 5.60. The van der Waals surface area contributed by atoms with Gasteiger partial charge in [0.25, 0.3) is 0 Å². The predicted octanol–water partition coefficient (Wildman–Crippen LogP) is 3.48. The molecule has 2 heteroatoms. The number of hydrogen-bond donors (Lipinski definition) is 0. The van der Waals surface area contributed by atoms with Crippen LogP contribution in [-0.4, -0.2) is 13.2 Å². The number of halogens is 1. The molecule has 12 heavy (non-hydrogen) atoms. The minimum atomic E-state index is 0.636. The Kier molecular flexibility index (Phi) is 4.70. The van der Waals surface area contributed by atoms with E-state index in [1.54, 1.807) is 0 Å². The summed E-state index contributed by atoms with van der Waals surface area (Å²) < 4.78 is 5.40. The van der Waals surface area contributed by atoms with Crippen molar-refractivity contribution in [3.8, 4) is 0 Å². The third kappa shape index (κ3) is 3.16. The molecule has 1 fully saturated rings. The zero-order valence-corrected chi connectivity index (χ0v) is 8.49. The zero-order chi connectivity index (χ0) is 8.81. The Morgan fingerprint density at radius 1 is 1.50 bits per heavy atom. The molecule has 0 aliphatic heterocycles. The number of hydrogen-bond acceptors (Lipinski definition) is 1. The average Bonchev–Trinajstić information content (AvgIpc) is 1.95. The summed E-state index contributed by atoms with van der Waals surface area (Å²) in [7, 11) is 0. The van der Waals surface area contributed by atoms with Gasteiger partial charge in [-0.2, -0.15) is 0 Å². The molecule has 0 aromatic heterocycles. The Labute approximate surface area is 79.7 Å². The number of rotatable bonds is 5. The Morgan fingerprint density at radius 3 is 2.75 bits per heavy atom. The number of allylic oxidation sites excluding steroid dienone is 1. The van der Waals surface area contributed by atoms with E-state index in [9.17, 15) is 0 Å². The Hall–Kier alpha value is -0.0100. The Morgan fingerprint density at radius 2 is 2.25 bits per heavy atom. The Balaban J connectivity index is 2.06. The van der Waals surface area contributed by atoms with Gasteiger partial charge in [0, 0.05) is 11.6 Å². The van der Waals surface area contributed by atoms with E-state index in [1.807, 2.05) is 0 Å². The maximum absolute atomic E-state index is 6.02. The van der Waals surface area contributed by atoms with Crippen molar-refractivity contribution in [2.45, 2.75) is 39.0 Å². The molecule has 0 aromatic carbocycles. The topological polar surface area (TPSA) is 9.23 Å². The maximum Gasteiger partial charge on any atom is 0.0822 e. The van der Waals surface area contributed by atoms with Gasteiger partial charge in [0.1, 0.15) is 0 Å². The molecular formula is C10H17ClO. The van der Waals surface area contributed by atoms with Crippen LogP contribution >= 0.6 is 11.6 Å². The molecule has 1 aliphatic rings. The molecule has 0 radical (unpaired) electrons. The van der Waals surface area contributed by atoms with E-state index in [1.165, 1.54) is 31.3 Å². The molecule has 0 bridgehead atoms. The van der Waals surface area contributed by atoms with Gasteiger partial charge in [0.15, 0.2) is 0 Å². The highest BCUT2D eigenvalue weighted by atomic mass is 35.5. The van der Waals surface area contributed by atoms with Gasteiger partial charge < -0.3 is 4.74 Å². The minimum Gasteiger partial charge on any atom is -0.376 e. The molecule has 0 aromatic rings. The average molecular weight is 189 g/mol. The minimum absolute atomic E-state index is 0.636. The normalized spacial score (nSPS) is 16.0. The smallest absolute Gasteiger partial charge is 0.0822 e. The summed E-state index contributed by atoms with van der Waals surface area (Å²) >= 11 is 6.02. The molecular weight excluding hydrogens is 172 g/mol. The zero-order valence-electron chi connectivity index (χ0n) is 7.74. The van der Waals surface area contributed by atoms with Gasteiger partial charge in [-0.1, -0.05) is 30.5 Å². The summed E-state index contributed by atoms with van der Waals surface area (Å²) in [5, 5.41) is 0.956. The van der Waals surface area contributed by atoms with Crippen LogP contribution in [0.1, 0.15) is 39.0 Å². The first-order chi connectivity index (χ1) is 5.84. The van der Waals surface area contributed by atoms with Crippen molar-refractivity contribution in [1.82, 2.24) is 0 Å². The van der Waals surface area contributed by atoms with Crippen LogP contribution in [0.2, 0.25) is 0 Å². The van der Waals surface area contributed by atoms with Gasteiger partial charge >= 0.3 is 0 Å². The van der Waals surface area contributed by atoms with Crippen LogP contribution in [0.15, 0.2) is 10.6 Å². The second-order valence-corrected chi connectivity index (χ2v) is 3.72. The summed E-state index contributed by atoms with van der Waals surface area (Å²) in [6.07, 6.45) is 6.01. The maximum atomic E-state index is 6.02. The first-order valence-electron chi connectivity index (χ1n) is 4.78. The van der Waals surface area contributed by atoms with Crippen molar-refractivity contribution in [2.75, 3.05) is 13.2 Å². The lowest BCUT2D eigenvalue weighted by Crippen LogP contribution is -2.04. The molecule has 0 amide bonds. The largest absolute Gasteiger partial charge is 0.376 e. The van der Waals surface area contributed by atoms with Crippen LogP contribution in [0.25, 0.3) is 0 Å². The highest BCUT2D eigenvalue weighted by molar-refractivity contribution is 6.30. The van der Waals surface area contributed by atoms with Crippen molar-refractivity contribution in [1.29, 1.82) is 0 Å². The molecule has 1 rings (SSSR count). The quantitative estimate of drug-likeness (QED) is 0.601. The van der Waals surface area contributed by atoms with Gasteiger partial charge in [0.2, 0.25) is 0 Å². The van der Waals surface area contributed by atoms with E-state index in [0.29, 0.717) is 6.61 Å². The van der Waals surface area contributed by atoms with Crippen LogP contribution in [0.5, 0.6) is 0 Å². The van der Waals surface area contributed by atoms with Crippen molar-refractivity contribution in [2.24, 2.45) is 0 Å². The highest BCUT2D eigenvalue weighted by Crippen LogP contribution is 2.30. The van der Waals surface area contributed by atoms with Gasteiger partial charge in [-0.05, 0) is 25.7 Å². The predicted molar refractivity (Wildman–Crippen MR) is 52.5 cm³/mol. The number of unbranched alkanes of at least 4 members (excludes halogenated alkanes) is 1. The molecule has 0 saturated heterocycles. The molecule has 0 N–H and O–H groups in total. The highest BCUT2D eigenvalue weighted by Gasteiger charge is 2.12. The molecule has 70 valence electrons. The molecule has 0 unspecified atom stereocenters. The third-order valence-electron chi connectivity index (χ3n) is 2.21. The van der Waals surface area contributed by atoms with Crippen molar-refractivity contribution < 1.29 is 4.74 Å². The lowest BCUT2D eigenvalue weighted by atomic mass is 9.92. The lowest BCUT2D eigenvalue weighted by molar-refractivity contribution is 0.155. The SMILES string of the molecule is CCCCOCC(Cl)=C1CCC1.